The molecule has 2 heterocycles. The lowest BCUT2D eigenvalue weighted by Gasteiger charge is -2.12. The molecule has 0 fully saturated rings. The zero-order chi connectivity index (χ0) is 20.4. The standard InChI is InChI=1S/C16H15F2N3O4S/c1-23-13-5-6-19-12(14(13)24-2)8-26(22)16-20-10-4-3-9(25-15(17)18)7-11(10)21-16/h3-7,15H,8H2,1-2H3,(H,20,21)/i5D,6D. The molecule has 0 bridgehead atoms. The van der Waals surface area contributed by atoms with Crippen molar-refractivity contribution in [2.45, 2.75) is 17.5 Å². The van der Waals surface area contributed by atoms with Crippen LogP contribution in [0.25, 0.3) is 11.0 Å². The second kappa shape index (κ2) is 7.75. The third-order valence-electron chi connectivity index (χ3n) is 3.38. The highest BCUT2D eigenvalue weighted by atomic mass is 32.2. The lowest BCUT2D eigenvalue weighted by atomic mass is 10.3. The highest BCUT2D eigenvalue weighted by Crippen LogP contribution is 2.31. The first-order valence-corrected chi connectivity index (χ1v) is 8.57. The molecule has 0 saturated heterocycles. The van der Waals surface area contributed by atoms with Gasteiger partial charge in [-0.05, 0) is 12.1 Å². The summed E-state index contributed by atoms with van der Waals surface area (Å²) in [6.07, 6.45) is -0.344. The van der Waals surface area contributed by atoms with Crippen LogP contribution in [0.15, 0.2) is 35.6 Å². The summed E-state index contributed by atoms with van der Waals surface area (Å²) in [6, 6.07) is 3.87. The molecule has 0 radical (unpaired) electrons. The van der Waals surface area contributed by atoms with Gasteiger partial charge in [-0.25, -0.2) is 0 Å². The third-order valence-corrected chi connectivity index (χ3v) is 4.54. The molecule has 0 spiro atoms. The van der Waals surface area contributed by atoms with Crippen molar-refractivity contribution in [2.24, 2.45) is 0 Å². The van der Waals surface area contributed by atoms with Gasteiger partial charge in [-0.2, -0.15) is 13.8 Å². The minimum absolute atomic E-state index is 0.0212. The lowest BCUT2D eigenvalue weighted by molar-refractivity contribution is -0.0497. The van der Waals surface area contributed by atoms with Crippen molar-refractivity contribution in [3.05, 3.63) is 36.1 Å². The van der Waals surface area contributed by atoms with E-state index in [-0.39, 0.29) is 46.1 Å². The number of hydrogen-bond acceptors (Lipinski definition) is 6. The molecule has 138 valence electrons. The zero-order valence-corrected chi connectivity index (χ0v) is 14.5. The summed E-state index contributed by atoms with van der Waals surface area (Å²) < 4.78 is 67.6. The van der Waals surface area contributed by atoms with Gasteiger partial charge in [0.2, 0.25) is 0 Å². The topological polar surface area (TPSA) is 92.3 Å². The van der Waals surface area contributed by atoms with E-state index in [1.807, 2.05) is 0 Å². The fraction of sp³-hybridized carbons (Fsp3) is 0.250. The highest BCUT2D eigenvalue weighted by Gasteiger charge is 2.22. The van der Waals surface area contributed by atoms with E-state index < -0.39 is 17.8 Å². The summed E-state index contributed by atoms with van der Waals surface area (Å²) in [5, 5.41) is 0.0912. The van der Waals surface area contributed by atoms with Gasteiger partial charge in [0.1, 0.15) is 11.4 Å². The van der Waals surface area contributed by atoms with Gasteiger partial charge < -0.3 is 18.8 Å². The molecule has 2 aromatic heterocycles. The van der Waals surface area contributed by atoms with Crippen LogP contribution in [0.3, 0.4) is 0 Å². The molecule has 1 N–H and O–H groups in total. The Kier molecular flexibility index (Phi) is 4.66. The molecular formula is C16H15F2N3O4S. The fourth-order valence-corrected chi connectivity index (χ4v) is 3.28. The smallest absolute Gasteiger partial charge is 0.387 e. The summed E-state index contributed by atoms with van der Waals surface area (Å²) in [5.74, 6) is -0.0822. The Bertz CT molecular complexity index is 1010. The third kappa shape index (κ3) is 3.81. The van der Waals surface area contributed by atoms with E-state index >= 15 is 0 Å². The van der Waals surface area contributed by atoms with E-state index in [0.29, 0.717) is 11.0 Å². The summed E-state index contributed by atoms with van der Waals surface area (Å²) in [5.41, 5.74) is 0.965. The van der Waals surface area contributed by atoms with Gasteiger partial charge in [-0.15, -0.1) is 0 Å². The number of rotatable bonds is 7. The van der Waals surface area contributed by atoms with Crippen LogP contribution in [-0.4, -0.2) is 40.3 Å². The normalized spacial score (nSPS) is 13.5. The molecule has 3 aromatic rings. The number of aromatic amines is 1. The molecule has 10 heteroatoms. The molecule has 0 amide bonds. The Morgan fingerprint density at radius 1 is 1.35 bits per heavy atom. The summed E-state index contributed by atoms with van der Waals surface area (Å²) in [4.78, 5) is 10.9. The minimum atomic E-state index is -2.96. The molecule has 0 aliphatic carbocycles. The zero-order valence-electron chi connectivity index (χ0n) is 15.7. The predicted octanol–water partition coefficient (Wildman–Crippen LogP) is 2.88. The number of H-pyrrole nitrogens is 1. The number of halogens is 2. The van der Waals surface area contributed by atoms with E-state index in [1.54, 1.807) is 0 Å². The van der Waals surface area contributed by atoms with Gasteiger partial charge in [-0.1, -0.05) is 0 Å². The molecule has 1 atom stereocenters. The van der Waals surface area contributed by atoms with Gasteiger partial charge in [0.15, 0.2) is 17.3 Å². The first kappa shape index (κ1) is 15.6. The van der Waals surface area contributed by atoms with Crippen molar-refractivity contribution in [2.75, 3.05) is 14.2 Å². The molecular weight excluding hydrogens is 368 g/mol. The van der Waals surface area contributed by atoms with Crippen LogP contribution in [0.5, 0.6) is 17.2 Å². The van der Waals surface area contributed by atoms with Gasteiger partial charge in [0.25, 0.3) is 0 Å². The minimum Gasteiger partial charge on any atom is -0.609 e. The van der Waals surface area contributed by atoms with Crippen LogP contribution in [0.2, 0.25) is 0 Å². The van der Waals surface area contributed by atoms with E-state index in [4.69, 9.17) is 12.2 Å². The maximum atomic E-state index is 12.7. The van der Waals surface area contributed by atoms with E-state index in [1.165, 1.54) is 32.4 Å². The predicted molar refractivity (Wildman–Crippen MR) is 90.2 cm³/mol. The van der Waals surface area contributed by atoms with Crippen molar-refractivity contribution in [1.29, 1.82) is 0 Å². The van der Waals surface area contributed by atoms with Crippen LogP contribution in [-0.2, 0) is 16.9 Å². The average molecular weight is 385 g/mol. The number of benzene rings is 1. The number of hydrogen-bond donors (Lipinski definition) is 1. The Morgan fingerprint density at radius 3 is 2.85 bits per heavy atom. The maximum absolute atomic E-state index is 12.7. The van der Waals surface area contributed by atoms with E-state index in [0.717, 1.165) is 0 Å². The van der Waals surface area contributed by atoms with Gasteiger partial charge in [0.05, 0.1) is 28.0 Å². The number of nitrogens with zero attached hydrogens (tertiary/aromatic N) is 2. The molecule has 1 aromatic carbocycles. The van der Waals surface area contributed by atoms with Crippen molar-refractivity contribution in [1.82, 2.24) is 15.0 Å². The molecule has 0 aliphatic heterocycles. The highest BCUT2D eigenvalue weighted by molar-refractivity contribution is 7.90. The largest absolute Gasteiger partial charge is 0.609 e. The Morgan fingerprint density at radius 2 is 2.15 bits per heavy atom. The molecule has 0 aliphatic rings. The van der Waals surface area contributed by atoms with Crippen LogP contribution in [0, 0.1) is 0 Å². The van der Waals surface area contributed by atoms with Crippen LogP contribution < -0.4 is 14.2 Å². The Balaban J connectivity index is 1.91. The molecule has 26 heavy (non-hydrogen) atoms. The maximum Gasteiger partial charge on any atom is 0.387 e. The quantitative estimate of drug-likeness (QED) is 0.629. The molecule has 0 saturated carbocycles. The monoisotopic (exact) mass is 385 g/mol. The molecule has 7 nitrogen and oxygen atoms in total. The number of pyridine rings is 1. The SMILES string of the molecule is [2H]c1nc(C[S+]([O-])c2nc3ccc(OC(F)F)cc3[nH]2)c(OC)c(OC)c1[2H]. The van der Waals surface area contributed by atoms with E-state index in [2.05, 4.69) is 19.7 Å². The number of fused-ring (bicyclic) bond motifs is 1. The van der Waals surface area contributed by atoms with Crippen LogP contribution in [0.1, 0.15) is 8.44 Å². The number of methoxy groups -OCH3 is 2. The Hall–Kier alpha value is -2.59. The number of alkyl halides is 2. The van der Waals surface area contributed by atoms with Crippen LogP contribution in [0.4, 0.5) is 8.78 Å². The van der Waals surface area contributed by atoms with Gasteiger partial charge in [-0.3, -0.25) is 9.97 Å². The summed E-state index contributed by atoms with van der Waals surface area (Å²) in [7, 11) is 2.68. The van der Waals surface area contributed by atoms with Crippen molar-refractivity contribution >= 4 is 22.2 Å². The summed E-state index contributed by atoms with van der Waals surface area (Å²) in [6.45, 7) is -2.96. The van der Waals surface area contributed by atoms with Crippen molar-refractivity contribution < 1.29 is 30.3 Å². The molecule has 1 unspecified atom stereocenters. The Labute approximate surface area is 153 Å². The first-order valence-electron chi connectivity index (χ1n) is 8.25. The van der Waals surface area contributed by atoms with Crippen LogP contribution >= 0.6 is 0 Å². The fourth-order valence-electron chi connectivity index (χ4n) is 2.28. The lowest BCUT2D eigenvalue weighted by Crippen LogP contribution is -2.10. The van der Waals surface area contributed by atoms with Crippen molar-refractivity contribution in [3.63, 3.8) is 0 Å². The second-order valence-electron chi connectivity index (χ2n) is 4.95. The first-order chi connectivity index (χ1) is 13.3. The number of aromatic nitrogens is 3. The van der Waals surface area contributed by atoms with Gasteiger partial charge in [0, 0.05) is 29.5 Å². The number of imidazole rings is 1. The number of ether oxygens (including phenoxy) is 3. The number of nitrogens with one attached hydrogen (secondary N) is 1. The van der Waals surface area contributed by atoms with Crippen molar-refractivity contribution in [3.8, 4) is 17.2 Å². The van der Waals surface area contributed by atoms with Gasteiger partial charge >= 0.3 is 11.8 Å². The second-order valence-corrected chi connectivity index (χ2v) is 6.32. The summed E-state index contributed by atoms with van der Waals surface area (Å²) >= 11 is -1.72. The molecule has 3 rings (SSSR count). The van der Waals surface area contributed by atoms with E-state index in [9.17, 15) is 13.3 Å². The average Bonchev–Trinajstić information content (AvgIpc) is 3.07.